The van der Waals surface area contributed by atoms with E-state index in [0.717, 1.165) is 16.5 Å². The predicted octanol–water partition coefficient (Wildman–Crippen LogP) is 4.42. The summed E-state index contributed by atoms with van der Waals surface area (Å²) in [4.78, 5) is 11.9. The third-order valence-electron chi connectivity index (χ3n) is 3.46. The number of carbonyl (C=O) groups excluding carboxylic acids is 1. The molecule has 0 atom stereocenters. The van der Waals surface area contributed by atoms with Gasteiger partial charge in [0, 0.05) is 5.39 Å². The number of Topliss-reactive ketones (excluding diaryl/α,β-unsaturated/α-hetero) is 1. The molecular formula is C18H14O2. The van der Waals surface area contributed by atoms with Gasteiger partial charge >= 0.3 is 0 Å². The summed E-state index contributed by atoms with van der Waals surface area (Å²) in [6, 6.07) is 19.2. The van der Waals surface area contributed by atoms with E-state index in [0.29, 0.717) is 10.9 Å². The SMILES string of the molecule is CC(=O)c1c(-c2ccccc2)cc2ccccc2c1O. The Morgan fingerprint density at radius 2 is 1.60 bits per heavy atom. The summed E-state index contributed by atoms with van der Waals surface area (Å²) in [5, 5.41) is 12.1. The van der Waals surface area contributed by atoms with Crippen LogP contribution in [0.3, 0.4) is 0 Å². The Morgan fingerprint density at radius 3 is 2.30 bits per heavy atom. The van der Waals surface area contributed by atoms with Crippen LogP contribution in [0, 0.1) is 0 Å². The summed E-state index contributed by atoms with van der Waals surface area (Å²) < 4.78 is 0. The Bertz CT molecular complexity index is 789. The number of aromatic hydroxyl groups is 1. The summed E-state index contributed by atoms with van der Waals surface area (Å²) in [5.74, 6) is -0.0680. The van der Waals surface area contributed by atoms with Gasteiger partial charge < -0.3 is 5.11 Å². The van der Waals surface area contributed by atoms with Crippen LogP contribution in [0.1, 0.15) is 17.3 Å². The maximum atomic E-state index is 11.9. The first-order valence-corrected chi connectivity index (χ1v) is 6.49. The Balaban J connectivity index is 2.41. The molecular weight excluding hydrogens is 248 g/mol. The standard InChI is InChI=1S/C18H14O2/c1-12(19)17-16(13-7-3-2-4-8-13)11-14-9-5-6-10-15(14)18(17)20/h2-11,20H,1H3. The molecule has 3 aromatic carbocycles. The first-order valence-electron chi connectivity index (χ1n) is 6.49. The van der Waals surface area contributed by atoms with Crippen LogP contribution in [0.25, 0.3) is 21.9 Å². The Labute approximate surface area is 117 Å². The number of hydrogen-bond donors (Lipinski definition) is 1. The molecule has 2 heteroatoms. The summed E-state index contributed by atoms with van der Waals surface area (Å²) in [5.41, 5.74) is 2.09. The van der Waals surface area contributed by atoms with Crippen molar-refractivity contribution in [3.8, 4) is 16.9 Å². The number of benzene rings is 3. The lowest BCUT2D eigenvalue weighted by atomic mass is 9.92. The molecule has 0 aliphatic heterocycles. The molecule has 3 aromatic rings. The van der Waals surface area contributed by atoms with Crippen molar-refractivity contribution in [3.63, 3.8) is 0 Å². The highest BCUT2D eigenvalue weighted by atomic mass is 16.3. The Morgan fingerprint density at radius 1 is 0.950 bits per heavy atom. The van der Waals surface area contributed by atoms with E-state index in [2.05, 4.69) is 0 Å². The average Bonchev–Trinajstić information content (AvgIpc) is 2.47. The number of phenolic OH excluding ortho intramolecular Hbond substituents is 1. The fourth-order valence-electron chi connectivity index (χ4n) is 2.53. The van der Waals surface area contributed by atoms with E-state index in [9.17, 15) is 9.90 Å². The van der Waals surface area contributed by atoms with Crippen LogP contribution in [0.15, 0.2) is 60.7 Å². The van der Waals surface area contributed by atoms with Gasteiger partial charge in [-0.15, -0.1) is 0 Å². The largest absolute Gasteiger partial charge is 0.507 e. The van der Waals surface area contributed by atoms with Crippen molar-refractivity contribution in [1.29, 1.82) is 0 Å². The van der Waals surface area contributed by atoms with Crippen molar-refractivity contribution in [2.75, 3.05) is 0 Å². The van der Waals surface area contributed by atoms with Crippen LogP contribution in [0.2, 0.25) is 0 Å². The third-order valence-corrected chi connectivity index (χ3v) is 3.46. The van der Waals surface area contributed by atoms with Gasteiger partial charge in [0.25, 0.3) is 0 Å². The predicted molar refractivity (Wildman–Crippen MR) is 81.1 cm³/mol. The first kappa shape index (κ1) is 12.4. The lowest BCUT2D eigenvalue weighted by Crippen LogP contribution is -1.98. The fourth-order valence-corrected chi connectivity index (χ4v) is 2.53. The normalized spacial score (nSPS) is 10.7. The van der Waals surface area contributed by atoms with Crippen LogP contribution in [0.4, 0.5) is 0 Å². The zero-order chi connectivity index (χ0) is 14.1. The molecule has 98 valence electrons. The van der Waals surface area contributed by atoms with Crippen molar-refractivity contribution < 1.29 is 9.90 Å². The highest BCUT2D eigenvalue weighted by Crippen LogP contribution is 2.37. The molecule has 0 spiro atoms. The van der Waals surface area contributed by atoms with Gasteiger partial charge in [-0.25, -0.2) is 0 Å². The molecule has 20 heavy (non-hydrogen) atoms. The quantitative estimate of drug-likeness (QED) is 0.694. The van der Waals surface area contributed by atoms with Gasteiger partial charge in [-0.2, -0.15) is 0 Å². The minimum atomic E-state index is -0.132. The van der Waals surface area contributed by atoms with E-state index >= 15 is 0 Å². The Kier molecular flexibility index (Phi) is 2.99. The monoisotopic (exact) mass is 262 g/mol. The van der Waals surface area contributed by atoms with Crippen LogP contribution >= 0.6 is 0 Å². The molecule has 0 radical (unpaired) electrons. The minimum absolute atomic E-state index is 0.0643. The Hall–Kier alpha value is -2.61. The minimum Gasteiger partial charge on any atom is -0.507 e. The van der Waals surface area contributed by atoms with Crippen molar-refractivity contribution in [3.05, 3.63) is 66.2 Å². The summed E-state index contributed by atoms with van der Waals surface area (Å²) in [6.45, 7) is 1.48. The van der Waals surface area contributed by atoms with Gasteiger partial charge in [-0.1, -0.05) is 54.6 Å². The number of rotatable bonds is 2. The number of ketones is 1. The van der Waals surface area contributed by atoms with E-state index in [1.54, 1.807) is 0 Å². The number of fused-ring (bicyclic) bond motifs is 1. The second-order valence-corrected chi connectivity index (χ2v) is 4.79. The molecule has 0 saturated carbocycles. The molecule has 0 amide bonds. The third kappa shape index (κ3) is 1.95. The lowest BCUT2D eigenvalue weighted by Gasteiger charge is -2.12. The molecule has 0 saturated heterocycles. The van der Waals surface area contributed by atoms with E-state index in [1.165, 1.54) is 6.92 Å². The number of phenols is 1. The molecule has 0 fully saturated rings. The molecule has 0 unspecified atom stereocenters. The van der Waals surface area contributed by atoms with Crippen LogP contribution < -0.4 is 0 Å². The second-order valence-electron chi connectivity index (χ2n) is 4.79. The molecule has 0 heterocycles. The zero-order valence-corrected chi connectivity index (χ0v) is 11.1. The fraction of sp³-hybridized carbons (Fsp3) is 0.0556. The average molecular weight is 262 g/mol. The second kappa shape index (κ2) is 4.82. The maximum Gasteiger partial charge on any atom is 0.164 e. The van der Waals surface area contributed by atoms with Gasteiger partial charge in [-0.05, 0) is 29.5 Å². The van der Waals surface area contributed by atoms with E-state index in [1.807, 2.05) is 60.7 Å². The lowest BCUT2D eigenvalue weighted by molar-refractivity contribution is 0.101. The molecule has 3 rings (SSSR count). The van der Waals surface area contributed by atoms with E-state index < -0.39 is 0 Å². The molecule has 1 N–H and O–H groups in total. The van der Waals surface area contributed by atoms with Gasteiger partial charge in [0.2, 0.25) is 0 Å². The summed E-state index contributed by atoms with van der Waals surface area (Å²) in [7, 11) is 0. The molecule has 0 aliphatic rings. The molecule has 0 bridgehead atoms. The maximum absolute atomic E-state index is 11.9. The highest BCUT2D eigenvalue weighted by molar-refractivity contribution is 6.09. The zero-order valence-electron chi connectivity index (χ0n) is 11.1. The molecule has 0 aromatic heterocycles. The van der Waals surface area contributed by atoms with Gasteiger partial charge in [0.15, 0.2) is 5.78 Å². The smallest absolute Gasteiger partial charge is 0.164 e. The topological polar surface area (TPSA) is 37.3 Å². The number of hydrogen-bond acceptors (Lipinski definition) is 2. The van der Waals surface area contributed by atoms with Crippen molar-refractivity contribution in [2.45, 2.75) is 6.92 Å². The van der Waals surface area contributed by atoms with Crippen molar-refractivity contribution in [2.24, 2.45) is 0 Å². The van der Waals surface area contributed by atoms with Crippen LogP contribution in [-0.4, -0.2) is 10.9 Å². The van der Waals surface area contributed by atoms with Gasteiger partial charge in [0.05, 0.1) is 5.56 Å². The molecule has 2 nitrogen and oxygen atoms in total. The first-order chi connectivity index (χ1) is 9.68. The van der Waals surface area contributed by atoms with E-state index in [4.69, 9.17) is 0 Å². The summed E-state index contributed by atoms with van der Waals surface area (Å²) >= 11 is 0. The highest BCUT2D eigenvalue weighted by Gasteiger charge is 2.17. The van der Waals surface area contributed by atoms with Gasteiger partial charge in [-0.3, -0.25) is 4.79 Å². The molecule has 0 aliphatic carbocycles. The van der Waals surface area contributed by atoms with Crippen LogP contribution in [-0.2, 0) is 0 Å². The number of carbonyl (C=O) groups is 1. The van der Waals surface area contributed by atoms with Gasteiger partial charge in [0.1, 0.15) is 5.75 Å². The van der Waals surface area contributed by atoms with Crippen LogP contribution in [0.5, 0.6) is 5.75 Å². The van der Waals surface area contributed by atoms with E-state index in [-0.39, 0.29) is 11.5 Å². The van der Waals surface area contributed by atoms with Crippen molar-refractivity contribution in [1.82, 2.24) is 0 Å². The summed E-state index contributed by atoms with van der Waals surface area (Å²) in [6.07, 6.45) is 0. The van der Waals surface area contributed by atoms with Crippen molar-refractivity contribution >= 4 is 16.6 Å².